The van der Waals surface area contributed by atoms with E-state index in [-0.39, 0.29) is 11.9 Å². The van der Waals surface area contributed by atoms with Gasteiger partial charge in [-0.2, -0.15) is 0 Å². The third kappa shape index (κ3) is 4.03. The summed E-state index contributed by atoms with van der Waals surface area (Å²) in [5.41, 5.74) is 3.62. The average Bonchev–Trinajstić information content (AvgIpc) is 3.17. The molecule has 0 saturated carbocycles. The van der Waals surface area contributed by atoms with Crippen molar-refractivity contribution in [3.8, 4) is 17.1 Å². The number of fused-ring (bicyclic) bond motifs is 1. The lowest BCUT2D eigenvalue weighted by molar-refractivity contribution is -0.121. The van der Waals surface area contributed by atoms with E-state index in [1.165, 1.54) is 0 Å². The zero-order chi connectivity index (χ0) is 20.9. The number of rotatable bonds is 7. The lowest BCUT2D eigenvalue weighted by atomic mass is 10.1. The topological polar surface area (TPSA) is 69.0 Å². The molecule has 4 rings (SSSR count). The number of carbonyl (C=O) groups is 1. The standard InChI is InChI=1S/C24H24N4O2/c1-17(19-9-3-4-11-22(19)30-2)27-23(29)12-15-28-21(20-10-5-6-13-25-20)16-18-8-7-14-26-24(18)28/h3-11,13-14,16-17H,12,15H2,1-2H3,(H,27,29). The van der Waals surface area contributed by atoms with Crippen molar-refractivity contribution in [2.24, 2.45) is 0 Å². The van der Waals surface area contributed by atoms with Crippen LogP contribution in [0.3, 0.4) is 0 Å². The molecule has 1 atom stereocenters. The molecule has 6 heteroatoms. The molecule has 152 valence electrons. The molecule has 6 nitrogen and oxygen atoms in total. The van der Waals surface area contributed by atoms with Gasteiger partial charge < -0.3 is 14.6 Å². The minimum absolute atomic E-state index is 0.0295. The first-order valence-corrected chi connectivity index (χ1v) is 9.95. The van der Waals surface area contributed by atoms with Crippen molar-refractivity contribution in [2.75, 3.05) is 7.11 Å². The predicted octanol–water partition coefficient (Wildman–Crippen LogP) is 4.37. The first-order valence-electron chi connectivity index (χ1n) is 9.95. The SMILES string of the molecule is COc1ccccc1C(C)NC(=O)CCn1c(-c2ccccn2)cc2cccnc21. The number of ether oxygens (including phenoxy) is 1. The number of para-hydroxylation sites is 1. The molecule has 0 fully saturated rings. The molecule has 3 heterocycles. The third-order valence-corrected chi connectivity index (χ3v) is 5.13. The minimum atomic E-state index is -0.150. The zero-order valence-corrected chi connectivity index (χ0v) is 17.1. The molecule has 1 N–H and O–H groups in total. The number of aromatic nitrogens is 3. The monoisotopic (exact) mass is 400 g/mol. The van der Waals surface area contributed by atoms with E-state index in [4.69, 9.17) is 4.74 Å². The summed E-state index contributed by atoms with van der Waals surface area (Å²) in [6.07, 6.45) is 3.87. The summed E-state index contributed by atoms with van der Waals surface area (Å²) in [7, 11) is 1.64. The van der Waals surface area contributed by atoms with E-state index in [0.717, 1.165) is 33.7 Å². The molecular formula is C24H24N4O2. The second kappa shape index (κ2) is 8.78. The number of benzene rings is 1. The summed E-state index contributed by atoms with van der Waals surface area (Å²) in [5.74, 6) is 0.737. The predicted molar refractivity (Wildman–Crippen MR) is 117 cm³/mol. The fourth-order valence-electron chi connectivity index (χ4n) is 3.67. The van der Waals surface area contributed by atoms with Crippen LogP contribution in [0.15, 0.2) is 73.1 Å². The van der Waals surface area contributed by atoms with E-state index >= 15 is 0 Å². The molecule has 3 aromatic heterocycles. The largest absolute Gasteiger partial charge is 0.496 e. The third-order valence-electron chi connectivity index (χ3n) is 5.13. The molecule has 0 radical (unpaired) electrons. The summed E-state index contributed by atoms with van der Waals surface area (Å²) in [6.45, 7) is 2.47. The number of carbonyl (C=O) groups excluding carboxylic acids is 1. The van der Waals surface area contributed by atoms with Gasteiger partial charge in [0.15, 0.2) is 0 Å². The first kappa shape index (κ1) is 19.6. The van der Waals surface area contributed by atoms with Crippen LogP contribution in [0.4, 0.5) is 0 Å². The number of hydrogen-bond acceptors (Lipinski definition) is 4. The molecule has 0 saturated heterocycles. The average molecular weight is 400 g/mol. The van der Waals surface area contributed by atoms with Gasteiger partial charge in [0, 0.05) is 36.3 Å². The maximum absolute atomic E-state index is 12.7. The molecule has 0 bridgehead atoms. The Kier molecular flexibility index (Phi) is 5.75. The number of pyridine rings is 2. The lowest BCUT2D eigenvalue weighted by Crippen LogP contribution is -2.27. The molecule has 0 aliphatic rings. The van der Waals surface area contributed by atoms with Gasteiger partial charge in [-0.15, -0.1) is 0 Å². The number of hydrogen-bond donors (Lipinski definition) is 1. The van der Waals surface area contributed by atoms with Crippen LogP contribution in [0.1, 0.15) is 24.9 Å². The van der Waals surface area contributed by atoms with Crippen LogP contribution in [0.25, 0.3) is 22.4 Å². The number of nitrogens with one attached hydrogen (secondary N) is 1. The van der Waals surface area contributed by atoms with Gasteiger partial charge in [0.25, 0.3) is 0 Å². The Morgan fingerprint density at radius 2 is 1.87 bits per heavy atom. The quantitative estimate of drug-likeness (QED) is 0.500. The van der Waals surface area contributed by atoms with Gasteiger partial charge in [-0.25, -0.2) is 4.98 Å². The van der Waals surface area contributed by atoms with Crippen molar-refractivity contribution in [1.29, 1.82) is 0 Å². The smallest absolute Gasteiger partial charge is 0.222 e. The number of methoxy groups -OCH3 is 1. The zero-order valence-electron chi connectivity index (χ0n) is 17.1. The molecular weight excluding hydrogens is 376 g/mol. The van der Waals surface area contributed by atoms with Gasteiger partial charge in [0.2, 0.25) is 5.91 Å². The fourth-order valence-corrected chi connectivity index (χ4v) is 3.67. The molecule has 4 aromatic rings. The van der Waals surface area contributed by atoms with Crippen molar-refractivity contribution < 1.29 is 9.53 Å². The Morgan fingerprint density at radius 1 is 1.07 bits per heavy atom. The molecule has 1 unspecified atom stereocenters. The first-order chi connectivity index (χ1) is 14.7. The maximum atomic E-state index is 12.7. The normalized spacial score (nSPS) is 11.9. The van der Waals surface area contributed by atoms with Crippen LogP contribution in [-0.4, -0.2) is 27.6 Å². The Hall–Kier alpha value is -3.67. The van der Waals surface area contributed by atoms with Gasteiger partial charge in [0.1, 0.15) is 11.4 Å². The summed E-state index contributed by atoms with van der Waals surface area (Å²) >= 11 is 0. The maximum Gasteiger partial charge on any atom is 0.222 e. The number of amides is 1. The molecule has 30 heavy (non-hydrogen) atoms. The minimum Gasteiger partial charge on any atom is -0.496 e. The van der Waals surface area contributed by atoms with Crippen LogP contribution in [0, 0.1) is 0 Å². The van der Waals surface area contributed by atoms with Gasteiger partial charge in [0.05, 0.1) is 24.5 Å². The van der Waals surface area contributed by atoms with Crippen LogP contribution in [0.5, 0.6) is 5.75 Å². The highest BCUT2D eigenvalue weighted by Crippen LogP contribution is 2.27. The van der Waals surface area contributed by atoms with Gasteiger partial charge >= 0.3 is 0 Å². The molecule has 0 aliphatic carbocycles. The van der Waals surface area contributed by atoms with Crippen LogP contribution < -0.4 is 10.1 Å². The fraction of sp³-hybridized carbons (Fsp3) is 0.208. The molecule has 0 spiro atoms. The second-order valence-corrected chi connectivity index (χ2v) is 7.09. The molecule has 1 amide bonds. The van der Waals surface area contributed by atoms with Crippen LogP contribution in [-0.2, 0) is 11.3 Å². The Labute approximate surface area is 175 Å². The van der Waals surface area contributed by atoms with Gasteiger partial charge in [-0.05, 0) is 43.3 Å². The second-order valence-electron chi connectivity index (χ2n) is 7.09. The summed E-state index contributed by atoms with van der Waals surface area (Å²) in [4.78, 5) is 21.7. The summed E-state index contributed by atoms with van der Waals surface area (Å²) < 4.78 is 7.47. The van der Waals surface area contributed by atoms with Crippen molar-refractivity contribution in [3.63, 3.8) is 0 Å². The van der Waals surface area contributed by atoms with E-state index in [0.29, 0.717) is 13.0 Å². The van der Waals surface area contributed by atoms with Crippen molar-refractivity contribution in [3.05, 3.63) is 78.6 Å². The van der Waals surface area contributed by atoms with Crippen molar-refractivity contribution >= 4 is 16.9 Å². The van der Waals surface area contributed by atoms with E-state index in [1.807, 2.05) is 61.5 Å². The highest BCUT2D eigenvalue weighted by atomic mass is 16.5. The molecule has 0 aliphatic heterocycles. The van der Waals surface area contributed by atoms with Crippen LogP contribution in [0.2, 0.25) is 0 Å². The number of nitrogens with zero attached hydrogens (tertiary/aromatic N) is 3. The van der Waals surface area contributed by atoms with E-state index in [1.54, 1.807) is 19.5 Å². The summed E-state index contributed by atoms with van der Waals surface area (Å²) in [6, 6.07) is 19.4. The number of aryl methyl sites for hydroxylation is 1. The highest BCUT2D eigenvalue weighted by molar-refractivity contribution is 5.84. The lowest BCUT2D eigenvalue weighted by Gasteiger charge is -2.17. The van der Waals surface area contributed by atoms with Gasteiger partial charge in [-0.3, -0.25) is 9.78 Å². The van der Waals surface area contributed by atoms with E-state index in [2.05, 4.69) is 25.9 Å². The van der Waals surface area contributed by atoms with Crippen molar-refractivity contribution in [1.82, 2.24) is 19.9 Å². The Morgan fingerprint density at radius 3 is 2.67 bits per heavy atom. The molecule has 1 aromatic carbocycles. The Bertz CT molecular complexity index is 1150. The van der Waals surface area contributed by atoms with Gasteiger partial charge in [-0.1, -0.05) is 24.3 Å². The Balaban J connectivity index is 1.53. The van der Waals surface area contributed by atoms with E-state index < -0.39 is 0 Å². The van der Waals surface area contributed by atoms with E-state index in [9.17, 15) is 4.79 Å². The van der Waals surface area contributed by atoms with Crippen LogP contribution >= 0.6 is 0 Å². The summed E-state index contributed by atoms with van der Waals surface area (Å²) in [5, 5.41) is 4.10. The van der Waals surface area contributed by atoms with Crippen molar-refractivity contribution in [2.45, 2.75) is 25.9 Å². The highest BCUT2D eigenvalue weighted by Gasteiger charge is 2.16.